The minimum absolute atomic E-state index is 0.0467. The molecule has 0 unspecified atom stereocenters. The van der Waals surface area contributed by atoms with E-state index in [0.29, 0.717) is 18.7 Å². The fourth-order valence-electron chi connectivity index (χ4n) is 4.87. The van der Waals surface area contributed by atoms with Crippen LogP contribution in [0.5, 0.6) is 5.75 Å². The van der Waals surface area contributed by atoms with Crippen LogP contribution in [-0.4, -0.2) is 42.6 Å². The minimum atomic E-state index is -0.963. The number of primary amides is 1. The van der Waals surface area contributed by atoms with Gasteiger partial charge in [0, 0.05) is 17.6 Å². The topological polar surface area (TPSA) is 161 Å². The summed E-state index contributed by atoms with van der Waals surface area (Å²) in [6.07, 6.45) is -0.179. The molecule has 47 heavy (non-hydrogen) atoms. The summed E-state index contributed by atoms with van der Waals surface area (Å²) in [5, 5.41) is 12.8. The lowest BCUT2D eigenvalue weighted by Crippen LogP contribution is -2.54. The van der Waals surface area contributed by atoms with E-state index in [9.17, 15) is 19.2 Å². The third kappa shape index (κ3) is 10.8. The summed E-state index contributed by atoms with van der Waals surface area (Å²) >= 11 is 0. The van der Waals surface area contributed by atoms with Crippen molar-refractivity contribution >= 4 is 40.4 Å². The van der Waals surface area contributed by atoms with Gasteiger partial charge in [-0.3, -0.25) is 9.59 Å². The summed E-state index contributed by atoms with van der Waals surface area (Å²) in [5.41, 5.74) is 7.40. The number of hydrogen-bond donors (Lipinski definition) is 5. The zero-order valence-corrected chi connectivity index (χ0v) is 26.5. The Morgan fingerprint density at radius 2 is 1.43 bits per heavy atom. The van der Waals surface area contributed by atoms with Crippen molar-refractivity contribution in [2.24, 2.45) is 11.7 Å². The summed E-state index contributed by atoms with van der Waals surface area (Å²) < 4.78 is 11.4. The van der Waals surface area contributed by atoms with E-state index in [1.807, 2.05) is 84.9 Å². The highest BCUT2D eigenvalue weighted by molar-refractivity contribution is 5.98. The second-order valence-electron chi connectivity index (χ2n) is 11.4. The standard InChI is InChI=1S/C36H41N5O6/c1-24(2)32(41-36(45)47-23-25-10-4-3-5-11-25)34(43)40-30(15-9-21-38-35(37)44)33(42)39-28-19-17-26(18-20-28)22-46-31-16-8-13-27-12-6-7-14-29(27)31/h3-8,10-14,16-20,24,30,32H,9,15,21-23H2,1-2H3,(H,39,42)(H,40,43)(H,41,45)(H3,37,38,44)/t30-,32-/m0/s1. The Balaban J connectivity index is 1.36. The lowest BCUT2D eigenvalue weighted by molar-refractivity contribution is -0.128. The third-order valence-electron chi connectivity index (χ3n) is 7.40. The molecule has 0 aliphatic carbocycles. The second-order valence-corrected chi connectivity index (χ2v) is 11.4. The Hall–Kier alpha value is -5.58. The number of carbonyl (C=O) groups excluding carboxylic acids is 4. The number of nitrogens with two attached hydrogens (primary N) is 1. The summed E-state index contributed by atoms with van der Waals surface area (Å²) in [6, 6.07) is 27.7. The van der Waals surface area contributed by atoms with Gasteiger partial charge in [-0.05, 0) is 53.5 Å². The summed E-state index contributed by atoms with van der Waals surface area (Å²) in [5.74, 6) is -0.515. The zero-order chi connectivity index (χ0) is 33.6. The molecular formula is C36H41N5O6. The SMILES string of the molecule is CC(C)[C@H](NC(=O)OCc1ccccc1)C(=O)N[C@@H](CCCNC(N)=O)C(=O)Nc1ccc(COc2cccc3ccccc23)cc1. The van der Waals surface area contributed by atoms with E-state index < -0.39 is 36.0 Å². The lowest BCUT2D eigenvalue weighted by atomic mass is 10.0. The maximum atomic E-state index is 13.4. The van der Waals surface area contributed by atoms with Crippen molar-refractivity contribution in [2.45, 2.75) is 52.0 Å². The largest absolute Gasteiger partial charge is 0.488 e. The van der Waals surface area contributed by atoms with Crippen LogP contribution in [0, 0.1) is 5.92 Å². The van der Waals surface area contributed by atoms with E-state index in [2.05, 4.69) is 21.3 Å². The molecule has 4 aromatic rings. The molecule has 0 fully saturated rings. The Morgan fingerprint density at radius 3 is 2.15 bits per heavy atom. The Labute approximate surface area is 274 Å². The van der Waals surface area contributed by atoms with E-state index in [1.54, 1.807) is 26.0 Å². The van der Waals surface area contributed by atoms with Gasteiger partial charge in [-0.2, -0.15) is 0 Å². The molecule has 0 bridgehead atoms. The van der Waals surface area contributed by atoms with Crippen LogP contribution in [0.4, 0.5) is 15.3 Å². The Bertz CT molecular complexity index is 1640. The molecular weight excluding hydrogens is 598 g/mol. The first-order chi connectivity index (χ1) is 22.7. The molecule has 0 radical (unpaired) electrons. The maximum absolute atomic E-state index is 13.4. The van der Waals surface area contributed by atoms with Crippen LogP contribution in [0.25, 0.3) is 10.8 Å². The normalized spacial score (nSPS) is 12.1. The van der Waals surface area contributed by atoms with E-state index >= 15 is 0 Å². The van der Waals surface area contributed by atoms with Crippen LogP contribution in [0.15, 0.2) is 97.1 Å². The summed E-state index contributed by atoms with van der Waals surface area (Å²) in [6.45, 7) is 4.16. The number of rotatable bonds is 15. The lowest BCUT2D eigenvalue weighted by Gasteiger charge is -2.25. The van der Waals surface area contributed by atoms with Crippen molar-refractivity contribution in [3.63, 3.8) is 0 Å². The van der Waals surface area contributed by atoms with Gasteiger partial charge in [-0.15, -0.1) is 0 Å². The van der Waals surface area contributed by atoms with Crippen molar-refractivity contribution in [1.82, 2.24) is 16.0 Å². The predicted molar refractivity (Wildman–Crippen MR) is 180 cm³/mol. The molecule has 0 aliphatic heterocycles. The van der Waals surface area contributed by atoms with Crippen LogP contribution in [0.3, 0.4) is 0 Å². The number of alkyl carbamates (subject to hydrolysis) is 1. The van der Waals surface area contributed by atoms with Crippen molar-refractivity contribution < 1.29 is 28.7 Å². The van der Waals surface area contributed by atoms with E-state index in [-0.39, 0.29) is 25.5 Å². The van der Waals surface area contributed by atoms with E-state index in [1.165, 1.54) is 0 Å². The van der Waals surface area contributed by atoms with Crippen molar-refractivity contribution in [3.8, 4) is 5.75 Å². The third-order valence-corrected chi connectivity index (χ3v) is 7.40. The van der Waals surface area contributed by atoms with Crippen molar-refractivity contribution in [1.29, 1.82) is 0 Å². The first kappa shape index (κ1) is 34.3. The number of carbonyl (C=O) groups is 4. The maximum Gasteiger partial charge on any atom is 0.408 e. The highest BCUT2D eigenvalue weighted by Crippen LogP contribution is 2.26. The molecule has 0 saturated carbocycles. The monoisotopic (exact) mass is 639 g/mol. The molecule has 0 heterocycles. The number of ether oxygens (including phenoxy) is 2. The summed E-state index contributed by atoms with van der Waals surface area (Å²) in [4.78, 5) is 50.4. The highest BCUT2D eigenvalue weighted by atomic mass is 16.5. The predicted octanol–water partition coefficient (Wildman–Crippen LogP) is 5.24. The van der Waals surface area contributed by atoms with Crippen LogP contribution in [0.1, 0.15) is 37.8 Å². The molecule has 246 valence electrons. The zero-order valence-electron chi connectivity index (χ0n) is 26.5. The minimum Gasteiger partial charge on any atom is -0.488 e. The van der Waals surface area contributed by atoms with Crippen LogP contribution in [-0.2, 0) is 27.5 Å². The van der Waals surface area contributed by atoms with Crippen LogP contribution >= 0.6 is 0 Å². The van der Waals surface area contributed by atoms with E-state index in [0.717, 1.165) is 27.6 Å². The van der Waals surface area contributed by atoms with E-state index in [4.69, 9.17) is 15.2 Å². The number of fused-ring (bicyclic) bond motifs is 1. The van der Waals surface area contributed by atoms with Crippen molar-refractivity contribution in [2.75, 3.05) is 11.9 Å². The molecule has 0 aromatic heterocycles. The first-order valence-electron chi connectivity index (χ1n) is 15.5. The Morgan fingerprint density at radius 1 is 0.745 bits per heavy atom. The number of hydrogen-bond acceptors (Lipinski definition) is 6. The van der Waals surface area contributed by atoms with Gasteiger partial charge in [0.1, 0.15) is 31.0 Å². The molecule has 11 heteroatoms. The molecule has 0 spiro atoms. The molecule has 5 amide bonds. The molecule has 11 nitrogen and oxygen atoms in total. The van der Waals surface area contributed by atoms with Gasteiger partial charge < -0.3 is 36.5 Å². The average Bonchev–Trinajstić information content (AvgIpc) is 3.07. The van der Waals surface area contributed by atoms with Gasteiger partial charge in [0.25, 0.3) is 0 Å². The first-order valence-corrected chi connectivity index (χ1v) is 15.5. The van der Waals surface area contributed by atoms with Gasteiger partial charge in [0.15, 0.2) is 0 Å². The number of amides is 5. The quantitative estimate of drug-likeness (QED) is 0.112. The molecule has 6 N–H and O–H groups in total. The number of nitrogens with one attached hydrogen (secondary N) is 4. The Kier molecular flexibility index (Phi) is 12.6. The fraction of sp³-hybridized carbons (Fsp3) is 0.278. The van der Waals surface area contributed by atoms with Crippen LogP contribution < -0.4 is 31.7 Å². The number of anilines is 1. The molecule has 2 atom stereocenters. The summed E-state index contributed by atoms with van der Waals surface area (Å²) in [7, 11) is 0. The second kappa shape index (κ2) is 17.2. The average molecular weight is 640 g/mol. The molecule has 4 aromatic carbocycles. The van der Waals surface area contributed by atoms with Gasteiger partial charge >= 0.3 is 12.1 Å². The number of urea groups is 1. The van der Waals surface area contributed by atoms with Gasteiger partial charge in [-0.1, -0.05) is 92.7 Å². The molecule has 0 aliphatic rings. The molecule has 4 rings (SSSR count). The fourth-order valence-corrected chi connectivity index (χ4v) is 4.87. The smallest absolute Gasteiger partial charge is 0.408 e. The highest BCUT2D eigenvalue weighted by Gasteiger charge is 2.29. The van der Waals surface area contributed by atoms with Gasteiger partial charge in [-0.25, -0.2) is 9.59 Å². The molecule has 0 saturated heterocycles. The van der Waals surface area contributed by atoms with Gasteiger partial charge in [0.05, 0.1) is 0 Å². The van der Waals surface area contributed by atoms with Crippen LogP contribution in [0.2, 0.25) is 0 Å². The van der Waals surface area contributed by atoms with Gasteiger partial charge in [0.2, 0.25) is 11.8 Å². The van der Waals surface area contributed by atoms with Crippen molar-refractivity contribution in [3.05, 3.63) is 108 Å². The number of benzene rings is 4.